The Hall–Kier alpha value is -3.97. The Morgan fingerprint density at radius 3 is 2.34 bits per heavy atom. The van der Waals surface area contributed by atoms with E-state index in [1.165, 1.54) is 29.9 Å². The first-order chi connectivity index (χ1) is 24.7. The lowest BCUT2D eigenvalue weighted by molar-refractivity contribution is -0.143. The highest BCUT2D eigenvalue weighted by Crippen LogP contribution is 2.64. The van der Waals surface area contributed by atoms with Crippen LogP contribution in [0.15, 0.2) is 42.5 Å². The molecule has 0 amide bonds. The summed E-state index contributed by atoms with van der Waals surface area (Å²) in [6, 6.07) is 7.43. The van der Waals surface area contributed by atoms with Crippen LogP contribution in [0.3, 0.4) is 0 Å². The van der Waals surface area contributed by atoms with E-state index in [-0.39, 0.29) is 57.5 Å². The summed E-state index contributed by atoms with van der Waals surface area (Å²) in [5.74, 6) is -7.93. The maximum atomic E-state index is 15.5. The Balaban J connectivity index is 1.33. The van der Waals surface area contributed by atoms with Gasteiger partial charge in [-0.15, -0.1) is 0 Å². The number of aliphatic hydroxyl groups excluding tert-OH is 1. The molecule has 282 valence electrons. The van der Waals surface area contributed by atoms with Crippen LogP contribution in [0.4, 0.5) is 36.6 Å². The molecule has 7 rings (SSSR count). The van der Waals surface area contributed by atoms with E-state index in [2.05, 4.69) is 25.2 Å². The summed E-state index contributed by atoms with van der Waals surface area (Å²) in [6.07, 6.45) is -6.13. The first-order valence-electron chi connectivity index (χ1n) is 16.0. The normalized spacial score (nSPS) is 19.2. The number of aromatic nitrogens is 5. The number of pyridine rings is 1. The van der Waals surface area contributed by atoms with Crippen LogP contribution in [0.2, 0.25) is 10.2 Å². The quantitative estimate of drug-likeness (QED) is 0.0769. The van der Waals surface area contributed by atoms with Crippen molar-refractivity contribution in [2.75, 3.05) is 11.0 Å². The van der Waals surface area contributed by atoms with Crippen LogP contribution < -0.4 is 10.0 Å². The van der Waals surface area contributed by atoms with Crippen LogP contribution in [0.1, 0.15) is 53.0 Å². The molecular formula is C33H28Cl2F7N7O3S. The van der Waals surface area contributed by atoms with E-state index in [0.717, 1.165) is 18.4 Å². The summed E-state index contributed by atoms with van der Waals surface area (Å²) < 4.78 is 130. The molecule has 4 atom stereocenters. The Morgan fingerprint density at radius 1 is 1.04 bits per heavy atom. The molecule has 5 aromatic rings. The van der Waals surface area contributed by atoms with Gasteiger partial charge < -0.3 is 5.11 Å². The fourth-order valence-corrected chi connectivity index (χ4v) is 8.30. The van der Waals surface area contributed by atoms with Gasteiger partial charge in [-0.2, -0.15) is 32.1 Å². The van der Waals surface area contributed by atoms with Gasteiger partial charge in [-0.1, -0.05) is 29.3 Å². The van der Waals surface area contributed by atoms with Crippen molar-refractivity contribution in [3.05, 3.63) is 92.5 Å². The molecule has 20 heteroatoms. The Kier molecular flexibility index (Phi) is 9.24. The number of nitrogens with zero attached hydrogens (tertiary/aromatic N) is 5. The third-order valence-electron chi connectivity index (χ3n) is 9.52. The lowest BCUT2D eigenvalue weighted by atomic mass is 9.73. The van der Waals surface area contributed by atoms with Gasteiger partial charge in [0.15, 0.2) is 11.5 Å². The average Bonchev–Trinajstić information content (AvgIpc) is 3.57. The fraction of sp³-hybridized carbons (Fsp3) is 0.364. The van der Waals surface area contributed by atoms with E-state index in [1.807, 2.05) is 0 Å². The van der Waals surface area contributed by atoms with Crippen molar-refractivity contribution in [2.45, 2.75) is 56.1 Å². The van der Waals surface area contributed by atoms with Gasteiger partial charge in [-0.3, -0.25) is 19.4 Å². The van der Waals surface area contributed by atoms with E-state index in [9.17, 15) is 35.5 Å². The number of aliphatic hydroxyl groups is 1. The Labute approximate surface area is 307 Å². The van der Waals surface area contributed by atoms with E-state index >= 15 is 8.78 Å². The van der Waals surface area contributed by atoms with Gasteiger partial charge in [0.25, 0.3) is 5.92 Å². The molecule has 0 aliphatic heterocycles. The molecule has 3 N–H and O–H groups in total. The average molecular weight is 807 g/mol. The molecule has 1 unspecified atom stereocenters. The maximum Gasteiger partial charge on any atom is 0.435 e. The second kappa shape index (κ2) is 13.1. The van der Waals surface area contributed by atoms with Gasteiger partial charge in [0.05, 0.1) is 40.5 Å². The standard InChI is InChI=1S/C33H28Cl2F7N7O3S/c1-48-28-18(4-7-21(34)26(28)31(46-48)47-53(2,51)52)17-5-8-23(35)44-27(17)22(11-14-9-15(36)12-16(37)10-14)43-24(50)13-49-30-25(29(45-49)33(40,41)42)19-3-6-20(19)32(30,38)39/h4-5,7-10,12,19-20,22,24,43,50H,3,6,11,13H2,1-2H3,(H,46,47)/t19-,20+,22-,24?/m0/s1. The van der Waals surface area contributed by atoms with Crippen molar-refractivity contribution in [1.29, 1.82) is 0 Å². The van der Waals surface area contributed by atoms with Crippen molar-refractivity contribution in [3.8, 4) is 11.1 Å². The molecule has 0 spiro atoms. The Morgan fingerprint density at radius 2 is 1.72 bits per heavy atom. The molecule has 2 aromatic carbocycles. The first kappa shape index (κ1) is 37.3. The predicted octanol–water partition coefficient (Wildman–Crippen LogP) is 7.30. The van der Waals surface area contributed by atoms with Crippen molar-refractivity contribution in [3.63, 3.8) is 0 Å². The highest BCUT2D eigenvalue weighted by molar-refractivity contribution is 7.92. The van der Waals surface area contributed by atoms with Crippen LogP contribution in [0.5, 0.6) is 0 Å². The Bertz CT molecular complexity index is 2370. The number of anilines is 1. The van der Waals surface area contributed by atoms with E-state index in [1.54, 1.807) is 6.07 Å². The molecule has 0 bridgehead atoms. The summed E-state index contributed by atoms with van der Waals surface area (Å²) in [7, 11) is -2.29. The van der Waals surface area contributed by atoms with Crippen LogP contribution in [-0.4, -0.2) is 50.6 Å². The zero-order chi connectivity index (χ0) is 38.4. The highest BCUT2D eigenvalue weighted by atomic mass is 35.5. The molecule has 0 saturated heterocycles. The van der Waals surface area contributed by atoms with Crippen LogP contribution in [0.25, 0.3) is 22.0 Å². The van der Waals surface area contributed by atoms with Gasteiger partial charge >= 0.3 is 6.18 Å². The minimum absolute atomic E-state index is 0.0281. The van der Waals surface area contributed by atoms with Gasteiger partial charge in [0.1, 0.15) is 28.7 Å². The summed E-state index contributed by atoms with van der Waals surface area (Å²) in [4.78, 5) is 4.46. The van der Waals surface area contributed by atoms with E-state index < -0.39 is 81.4 Å². The molecule has 3 aromatic heterocycles. The molecule has 10 nitrogen and oxygen atoms in total. The number of fused-ring (bicyclic) bond motifs is 4. The summed E-state index contributed by atoms with van der Waals surface area (Å²) in [5.41, 5.74) is -1.86. The van der Waals surface area contributed by atoms with E-state index in [0.29, 0.717) is 21.8 Å². The number of nitrogens with one attached hydrogen (secondary N) is 2. The smallest absolute Gasteiger partial charge is 0.377 e. The molecule has 1 fully saturated rings. The van der Waals surface area contributed by atoms with Gasteiger partial charge in [-0.25, -0.2) is 22.2 Å². The number of halogens is 9. The molecule has 1 saturated carbocycles. The van der Waals surface area contributed by atoms with E-state index in [4.69, 9.17) is 23.2 Å². The van der Waals surface area contributed by atoms with Crippen molar-refractivity contribution >= 4 is 49.9 Å². The minimum Gasteiger partial charge on any atom is -0.377 e. The summed E-state index contributed by atoms with van der Waals surface area (Å²) >= 11 is 12.9. The van der Waals surface area contributed by atoms with Gasteiger partial charge in [0.2, 0.25) is 10.0 Å². The van der Waals surface area contributed by atoms with Crippen LogP contribution in [-0.2, 0) is 42.1 Å². The SMILES string of the molecule is Cn1nc(NS(C)(=O)=O)c2c(Cl)ccc(-c3ccc(Cl)nc3[C@H](Cc3cc(F)cc(F)c3)NC(O)Cn3nc(C(F)(F)F)c4c3C(F)(F)[C@@H]3CC[C@H]43)c21. The largest absolute Gasteiger partial charge is 0.435 e. The molecule has 53 heavy (non-hydrogen) atoms. The third kappa shape index (κ3) is 6.83. The molecule has 2 aliphatic carbocycles. The van der Waals surface area contributed by atoms with Gasteiger partial charge in [0, 0.05) is 35.7 Å². The number of alkyl halides is 5. The second-order valence-electron chi connectivity index (χ2n) is 13.2. The van der Waals surface area contributed by atoms with Crippen molar-refractivity contribution in [2.24, 2.45) is 13.0 Å². The predicted molar refractivity (Wildman–Crippen MR) is 181 cm³/mol. The zero-order valence-electron chi connectivity index (χ0n) is 27.5. The number of rotatable bonds is 10. The van der Waals surface area contributed by atoms with Crippen molar-refractivity contribution in [1.82, 2.24) is 29.9 Å². The lowest BCUT2D eigenvalue weighted by Gasteiger charge is -2.34. The first-order valence-corrected chi connectivity index (χ1v) is 18.6. The number of benzene rings is 2. The third-order valence-corrected chi connectivity index (χ3v) is 10.6. The van der Waals surface area contributed by atoms with Crippen LogP contribution >= 0.6 is 23.2 Å². The van der Waals surface area contributed by atoms with Crippen molar-refractivity contribution < 1.29 is 44.3 Å². The highest BCUT2D eigenvalue weighted by Gasteiger charge is 2.63. The number of hydrogen-bond acceptors (Lipinski definition) is 7. The van der Waals surface area contributed by atoms with Crippen LogP contribution in [0, 0.1) is 17.6 Å². The summed E-state index contributed by atoms with van der Waals surface area (Å²) in [6.45, 7) is -0.870. The molecule has 3 heterocycles. The number of sulfonamides is 1. The molecular weight excluding hydrogens is 778 g/mol. The number of hydrogen-bond donors (Lipinski definition) is 3. The maximum absolute atomic E-state index is 15.5. The summed E-state index contributed by atoms with van der Waals surface area (Å²) in [5, 5.41) is 22.2. The van der Waals surface area contributed by atoms with Gasteiger partial charge in [-0.05, 0) is 61.1 Å². The topological polar surface area (TPSA) is 127 Å². The molecule has 0 radical (unpaired) electrons. The zero-order valence-corrected chi connectivity index (χ0v) is 29.8. The molecule has 2 aliphatic rings. The minimum atomic E-state index is -5.04. The number of aryl methyl sites for hydroxylation is 1. The lowest BCUT2D eigenvalue weighted by Crippen LogP contribution is -2.39. The monoisotopic (exact) mass is 805 g/mol. The second-order valence-corrected chi connectivity index (χ2v) is 15.7. The fourth-order valence-electron chi connectivity index (χ4n) is 7.41.